The second-order valence-electron chi connectivity index (χ2n) is 10.3. The molecular weight excluding hydrogens is 476 g/mol. The van der Waals surface area contributed by atoms with Gasteiger partial charge >= 0.3 is 0 Å². The minimum atomic E-state index is -0.216. The van der Waals surface area contributed by atoms with Gasteiger partial charge in [-0.25, -0.2) is 4.98 Å². The number of ether oxygens (including phenoxy) is 2. The zero-order valence-electron chi connectivity index (χ0n) is 22.4. The van der Waals surface area contributed by atoms with Crippen LogP contribution in [0.2, 0.25) is 0 Å². The predicted molar refractivity (Wildman–Crippen MR) is 152 cm³/mol. The molecule has 3 aromatic carbocycles. The molecule has 1 aliphatic heterocycles. The molecular formula is C31H38N4O3. The normalized spacial score (nSPS) is 16.7. The first-order valence-corrected chi connectivity index (χ1v) is 13.6. The van der Waals surface area contributed by atoms with Crippen molar-refractivity contribution >= 4 is 27.7 Å². The maximum atomic E-state index is 13.3. The van der Waals surface area contributed by atoms with Crippen molar-refractivity contribution in [2.45, 2.75) is 50.6 Å². The van der Waals surface area contributed by atoms with Gasteiger partial charge in [-0.05, 0) is 54.2 Å². The molecule has 0 bridgehead atoms. The summed E-state index contributed by atoms with van der Waals surface area (Å²) >= 11 is 0. The van der Waals surface area contributed by atoms with E-state index >= 15 is 0 Å². The predicted octanol–water partition coefficient (Wildman–Crippen LogP) is 4.90. The third-order valence-electron chi connectivity index (χ3n) is 7.60. The number of imidazole rings is 1. The first-order chi connectivity index (χ1) is 18.6. The Hall–Kier alpha value is -3.42. The van der Waals surface area contributed by atoms with Crippen molar-refractivity contribution in [2.75, 3.05) is 33.9 Å². The molecule has 7 heteroatoms. The van der Waals surface area contributed by atoms with E-state index in [1.807, 2.05) is 35.2 Å². The number of likely N-dealkylation sites (tertiary alicyclic amines) is 1. The Bertz CT molecular complexity index is 1400. The van der Waals surface area contributed by atoms with Crippen molar-refractivity contribution in [1.82, 2.24) is 14.5 Å². The highest BCUT2D eigenvalue weighted by atomic mass is 16.5. The highest BCUT2D eigenvalue weighted by molar-refractivity contribution is 5.84. The van der Waals surface area contributed by atoms with E-state index in [1.54, 1.807) is 14.2 Å². The third-order valence-corrected chi connectivity index (χ3v) is 7.60. The number of methoxy groups -OCH3 is 2. The second-order valence-corrected chi connectivity index (χ2v) is 10.3. The van der Waals surface area contributed by atoms with Crippen LogP contribution in [0.1, 0.15) is 43.0 Å². The first-order valence-electron chi connectivity index (χ1n) is 13.6. The Morgan fingerprint density at radius 3 is 2.76 bits per heavy atom. The summed E-state index contributed by atoms with van der Waals surface area (Å²) in [6, 6.07) is 20.5. The molecule has 0 saturated carbocycles. The largest absolute Gasteiger partial charge is 0.494 e. The molecule has 1 aliphatic rings. The number of carbonyl (C=O) groups is 1. The van der Waals surface area contributed by atoms with E-state index in [9.17, 15) is 4.79 Å². The fraction of sp³-hybridized carbons (Fsp3) is 0.419. The number of amides is 1. The van der Waals surface area contributed by atoms with E-state index in [-0.39, 0.29) is 17.9 Å². The zero-order valence-corrected chi connectivity index (χ0v) is 22.4. The van der Waals surface area contributed by atoms with E-state index in [4.69, 9.17) is 20.2 Å². The number of piperidine rings is 1. The summed E-state index contributed by atoms with van der Waals surface area (Å²) < 4.78 is 13.3. The van der Waals surface area contributed by atoms with Crippen LogP contribution in [0.15, 0.2) is 60.7 Å². The number of carbonyl (C=O) groups excluding carboxylic acids is 1. The van der Waals surface area contributed by atoms with Gasteiger partial charge in [0.25, 0.3) is 0 Å². The lowest BCUT2D eigenvalue weighted by Crippen LogP contribution is -2.42. The van der Waals surface area contributed by atoms with Crippen LogP contribution < -0.4 is 10.5 Å². The Morgan fingerprint density at radius 1 is 1.11 bits per heavy atom. The van der Waals surface area contributed by atoms with Crippen molar-refractivity contribution in [3.05, 3.63) is 72.1 Å². The minimum absolute atomic E-state index is 0.127. The van der Waals surface area contributed by atoms with Crippen molar-refractivity contribution in [1.29, 1.82) is 0 Å². The van der Waals surface area contributed by atoms with Gasteiger partial charge in [-0.2, -0.15) is 0 Å². The lowest BCUT2D eigenvalue weighted by Gasteiger charge is -2.33. The zero-order chi connectivity index (χ0) is 26.5. The van der Waals surface area contributed by atoms with E-state index in [0.29, 0.717) is 26.0 Å². The molecule has 7 nitrogen and oxygen atoms in total. The maximum Gasteiger partial charge on any atom is 0.224 e. The number of hydrogen-bond acceptors (Lipinski definition) is 5. The van der Waals surface area contributed by atoms with Gasteiger partial charge in [0.05, 0.1) is 12.6 Å². The summed E-state index contributed by atoms with van der Waals surface area (Å²) in [5, 5.41) is 2.42. The molecule has 1 amide bonds. The van der Waals surface area contributed by atoms with Gasteiger partial charge in [0, 0.05) is 51.7 Å². The molecule has 0 spiro atoms. The van der Waals surface area contributed by atoms with E-state index < -0.39 is 0 Å². The fourth-order valence-corrected chi connectivity index (χ4v) is 5.75. The molecule has 1 fully saturated rings. The van der Waals surface area contributed by atoms with Crippen LogP contribution in [0.5, 0.6) is 5.75 Å². The Labute approximate surface area is 224 Å². The molecule has 38 heavy (non-hydrogen) atoms. The number of aryl methyl sites for hydroxylation is 1. The van der Waals surface area contributed by atoms with Crippen LogP contribution in [0.25, 0.3) is 21.8 Å². The van der Waals surface area contributed by atoms with Crippen LogP contribution >= 0.6 is 0 Å². The van der Waals surface area contributed by atoms with Gasteiger partial charge in [0.2, 0.25) is 5.91 Å². The summed E-state index contributed by atoms with van der Waals surface area (Å²) in [7, 11) is 3.42. The molecule has 2 unspecified atom stereocenters. The molecule has 0 aliphatic carbocycles. The molecule has 2 N–H and O–H groups in total. The molecule has 5 rings (SSSR count). The smallest absolute Gasteiger partial charge is 0.224 e. The highest BCUT2D eigenvalue weighted by Crippen LogP contribution is 2.33. The van der Waals surface area contributed by atoms with Crippen molar-refractivity contribution < 1.29 is 14.3 Å². The number of hydrogen-bond donors (Lipinski definition) is 1. The van der Waals surface area contributed by atoms with E-state index in [2.05, 4.69) is 34.9 Å². The number of benzene rings is 3. The topological polar surface area (TPSA) is 82.6 Å². The number of aromatic nitrogens is 2. The van der Waals surface area contributed by atoms with Crippen molar-refractivity contribution in [3.8, 4) is 5.75 Å². The summed E-state index contributed by atoms with van der Waals surface area (Å²) in [5.74, 6) is 2.15. The van der Waals surface area contributed by atoms with Crippen LogP contribution in [-0.2, 0) is 22.5 Å². The lowest BCUT2D eigenvalue weighted by molar-refractivity contribution is -0.132. The van der Waals surface area contributed by atoms with Gasteiger partial charge < -0.3 is 24.7 Å². The standard InChI is InChI=1S/C31H38N4O3/c1-37-17-7-16-35-30-27(11-5-12-28(30)38-2)33-31(35)25-10-6-15-34(21-25)29(36)20-26(32)19-22-13-14-23-8-3-4-9-24(23)18-22/h3-5,8-9,11-14,18,25-26H,6-7,10,15-17,19-21,32H2,1-2H3. The van der Waals surface area contributed by atoms with Crippen LogP contribution in [-0.4, -0.2) is 60.3 Å². The molecule has 2 heterocycles. The second kappa shape index (κ2) is 12.0. The summed E-state index contributed by atoms with van der Waals surface area (Å²) in [5.41, 5.74) is 9.60. The molecule has 200 valence electrons. The summed E-state index contributed by atoms with van der Waals surface area (Å²) in [6.07, 6.45) is 3.87. The van der Waals surface area contributed by atoms with Crippen LogP contribution in [0.3, 0.4) is 0 Å². The Balaban J connectivity index is 1.29. The first kappa shape index (κ1) is 26.2. The van der Waals surface area contributed by atoms with E-state index in [1.165, 1.54) is 16.3 Å². The SMILES string of the molecule is COCCCn1c(C2CCCN(C(=O)CC(N)Cc3ccc4ccccc4c3)C2)nc2cccc(OC)c21. The van der Waals surface area contributed by atoms with Crippen LogP contribution in [0, 0.1) is 0 Å². The molecule has 1 saturated heterocycles. The van der Waals surface area contributed by atoms with Crippen molar-refractivity contribution in [3.63, 3.8) is 0 Å². The Morgan fingerprint density at radius 2 is 1.95 bits per heavy atom. The summed E-state index contributed by atoms with van der Waals surface area (Å²) in [4.78, 5) is 20.4. The maximum absolute atomic E-state index is 13.3. The quantitative estimate of drug-likeness (QED) is 0.304. The monoisotopic (exact) mass is 514 g/mol. The number of nitrogens with zero attached hydrogens (tertiary/aromatic N) is 3. The molecule has 0 radical (unpaired) electrons. The number of rotatable bonds is 10. The van der Waals surface area contributed by atoms with E-state index in [0.717, 1.165) is 55.0 Å². The van der Waals surface area contributed by atoms with Gasteiger partial charge in [-0.15, -0.1) is 0 Å². The van der Waals surface area contributed by atoms with Gasteiger partial charge in [-0.3, -0.25) is 4.79 Å². The average molecular weight is 515 g/mol. The number of fused-ring (bicyclic) bond motifs is 2. The molecule has 4 aromatic rings. The summed E-state index contributed by atoms with van der Waals surface area (Å²) in [6.45, 7) is 2.91. The Kier molecular flexibility index (Phi) is 8.25. The van der Waals surface area contributed by atoms with Gasteiger partial charge in [0.1, 0.15) is 17.1 Å². The fourth-order valence-electron chi connectivity index (χ4n) is 5.75. The highest BCUT2D eigenvalue weighted by Gasteiger charge is 2.30. The number of nitrogens with two attached hydrogens (primary N) is 1. The van der Waals surface area contributed by atoms with Gasteiger partial charge in [0.15, 0.2) is 0 Å². The third kappa shape index (κ3) is 5.69. The van der Waals surface area contributed by atoms with Gasteiger partial charge in [-0.1, -0.05) is 48.5 Å². The number of para-hydroxylation sites is 1. The lowest BCUT2D eigenvalue weighted by atomic mass is 9.95. The minimum Gasteiger partial charge on any atom is -0.494 e. The molecule has 2 atom stereocenters. The molecule has 1 aromatic heterocycles. The van der Waals surface area contributed by atoms with Crippen molar-refractivity contribution in [2.24, 2.45) is 5.73 Å². The van der Waals surface area contributed by atoms with Crippen LogP contribution in [0.4, 0.5) is 0 Å². The average Bonchev–Trinajstić information content (AvgIpc) is 3.32.